The molecule has 15 aromatic rings. The Bertz CT molecular complexity index is 7350. The zero-order chi connectivity index (χ0) is 102. The summed E-state index contributed by atoms with van der Waals surface area (Å²) >= 11 is 28.2. The molecule has 0 unspecified atom stereocenters. The average molecular weight is 2350 g/mol. The van der Waals surface area contributed by atoms with Gasteiger partial charge in [-0.05, 0) is 406 Å². The summed E-state index contributed by atoms with van der Waals surface area (Å²) in [6.07, 6.45) is 24.9. The maximum atomic E-state index is 15.1. The van der Waals surface area contributed by atoms with Crippen LogP contribution in [0.25, 0.3) is 51.1 Å². The summed E-state index contributed by atoms with van der Waals surface area (Å²) in [6.45, 7) is 18.6. The molecule has 26 heteroatoms. The number of fused-ring (bicyclic) bond motifs is 7. The van der Waals surface area contributed by atoms with E-state index >= 15 is 8.78 Å². The van der Waals surface area contributed by atoms with Crippen LogP contribution >= 0.6 is 121 Å². The van der Waals surface area contributed by atoms with E-state index in [4.69, 9.17) is 36.6 Å². The minimum Gasteiger partial charge on any atom is -0.365 e. The minimum atomic E-state index is -0.169. The first-order valence-electron chi connectivity index (χ1n) is 53.3. The number of nitrogens with one attached hydrogen (secondary N) is 2. The zero-order valence-corrected chi connectivity index (χ0v) is 94.9. The van der Waals surface area contributed by atoms with Gasteiger partial charge in [0, 0.05) is 120 Å². The number of benzene rings is 11. The summed E-state index contributed by atoms with van der Waals surface area (Å²) in [5, 5.41) is 33.3. The van der Waals surface area contributed by atoms with Crippen molar-refractivity contribution < 1.29 is 17.6 Å². The molecule has 4 fully saturated rings. The smallest absolute Gasteiger partial charge is 0.131 e. The average Bonchev–Trinajstić information content (AvgIpc) is 1.67. The van der Waals surface area contributed by atoms with E-state index in [0.717, 1.165) is 231 Å². The van der Waals surface area contributed by atoms with Gasteiger partial charge in [-0.25, -0.2) is 17.6 Å². The van der Waals surface area contributed by atoms with Gasteiger partial charge < -0.3 is 35.1 Å². The van der Waals surface area contributed by atoms with Crippen LogP contribution in [0.3, 0.4) is 0 Å². The number of hydrogen-bond acceptors (Lipinski definition) is 17. The van der Waals surface area contributed by atoms with E-state index in [-0.39, 0.29) is 23.3 Å². The Morgan fingerprint density at radius 3 is 1.17 bits per heavy atom. The molecule has 0 radical (unpaired) electrons. The van der Waals surface area contributed by atoms with Gasteiger partial charge in [0.1, 0.15) is 52.4 Å². The van der Waals surface area contributed by atoms with Crippen molar-refractivity contribution in [1.82, 2.24) is 35.1 Å². The number of rotatable bonds is 29. The lowest BCUT2D eigenvalue weighted by atomic mass is 9.92. The molecular weight excluding hydrogens is 2220 g/mol. The molecule has 11 heterocycles. The summed E-state index contributed by atoms with van der Waals surface area (Å²) in [4.78, 5) is 36.3. The van der Waals surface area contributed by atoms with E-state index in [1.165, 1.54) is 169 Å². The van der Waals surface area contributed by atoms with Gasteiger partial charge in [0.2, 0.25) is 0 Å². The van der Waals surface area contributed by atoms with Gasteiger partial charge in [-0.3, -0.25) is 25.0 Å². The Morgan fingerprint density at radius 2 is 0.732 bits per heavy atom. The Balaban J connectivity index is 0.000000113. The molecule has 7 aliphatic heterocycles. The summed E-state index contributed by atoms with van der Waals surface area (Å²) < 4.78 is 69.3. The van der Waals surface area contributed by atoms with Gasteiger partial charge in [0.15, 0.2) is 0 Å². The van der Waals surface area contributed by atoms with Crippen molar-refractivity contribution in [3.8, 4) is 6.07 Å². The molecule has 9 aliphatic rings. The van der Waals surface area contributed by atoms with Crippen LogP contribution in [0.5, 0.6) is 0 Å². The highest BCUT2D eigenvalue weighted by atomic mass is 79.9. The molecular formula is C123H126Br4ClF4N13S4. The van der Waals surface area contributed by atoms with E-state index in [1.807, 2.05) is 72.0 Å². The number of aliphatic imine (C=N–C) groups is 5. The van der Waals surface area contributed by atoms with Crippen LogP contribution in [0.4, 0.5) is 17.6 Å². The van der Waals surface area contributed by atoms with Crippen molar-refractivity contribution in [1.29, 1.82) is 5.26 Å². The molecule has 0 bridgehead atoms. The van der Waals surface area contributed by atoms with Crippen LogP contribution in [0, 0.1) is 34.6 Å². The van der Waals surface area contributed by atoms with Crippen LogP contribution in [0.15, 0.2) is 265 Å². The Kier molecular flexibility index (Phi) is 35.9. The van der Waals surface area contributed by atoms with E-state index in [1.54, 1.807) is 76.5 Å². The second-order valence-electron chi connectivity index (χ2n) is 40.8. The fraction of sp³-hybridized carbons (Fsp3) is 0.366. The lowest BCUT2D eigenvalue weighted by molar-refractivity contribution is 0.313. The maximum absolute atomic E-state index is 15.1. The second-order valence-corrected chi connectivity index (χ2v) is 48.5. The number of nitrogens with zero attached hydrogens (tertiary/aromatic N) is 11. The molecule has 2 aliphatic carbocycles. The summed E-state index contributed by atoms with van der Waals surface area (Å²) in [5.41, 5.74) is 16.1. The molecule has 4 atom stereocenters. The molecule has 2 saturated carbocycles. The van der Waals surface area contributed by atoms with Gasteiger partial charge in [-0.1, -0.05) is 186 Å². The van der Waals surface area contributed by atoms with Crippen LogP contribution in [0.1, 0.15) is 193 Å². The molecule has 13 nitrogen and oxygen atoms in total. The van der Waals surface area contributed by atoms with Crippen molar-refractivity contribution in [2.75, 3.05) is 91.6 Å². The molecule has 4 aromatic heterocycles. The zero-order valence-electron chi connectivity index (χ0n) is 84.6. The standard InChI is InChI=1S/C27H29FN4S.C26H29BrFN3S.C24H24BrFN2.C23H22BrClN2S.C23H22BrFN2S/c28-25-6-3-5-24(27-30-10-15-32(27)14-4-13-31-11-1-2-12-31)23(25)8-7-21-17-20(19-29)18-22-9-16-33-26(21)22;27-21-17-19(25-20(18-21)9-16-32-25)7-8-22-23(5-3-6-24(22)28)26-29-10-15-31(26)14-4-13-30-11-1-2-12-30;1-16(2)28-13-12-27-24(28)22-8-5-9-23(26)21(22)11-10-18-15-19(25)14-17-6-3-4-7-20(17)18;2*24-16-12-14(22-15(13-16)10-11-28-22)8-9-17-18(4-3-5-19(17)25)23-26-20-6-1-2-7-21(20)27-23/h3,5-6,9,16-18H,1-2,4,7-8,10-15H2;3,5-6,9,16-18H,1-2,4,7-8,10-15H2;3-9,14-16H,10-13H2,1-2H3;2*3-5,10-13,20-21H,1-2,6-9H2,(H,26,27)/t;;;2*20-,21-/m...00/s1. The predicted molar refractivity (Wildman–Crippen MR) is 632 cm³/mol. The molecule has 0 amide bonds. The van der Waals surface area contributed by atoms with Crippen molar-refractivity contribution in [3.63, 3.8) is 0 Å². The third-order valence-corrected chi connectivity index (χ3v) is 37.0. The normalized spacial score (nSPS) is 18.0. The number of nitriles is 1. The first-order valence-corrected chi connectivity index (χ1v) is 60.4. The number of amidine groups is 5. The molecule has 24 rings (SSSR count). The Labute approximate surface area is 928 Å². The van der Waals surface area contributed by atoms with Gasteiger partial charge >= 0.3 is 0 Å². The summed E-state index contributed by atoms with van der Waals surface area (Å²) in [6, 6.07) is 70.3. The summed E-state index contributed by atoms with van der Waals surface area (Å²) in [5.74, 6) is 4.23. The van der Waals surface area contributed by atoms with Crippen LogP contribution in [0.2, 0.25) is 5.02 Å². The fourth-order valence-electron chi connectivity index (χ4n) is 23.3. The molecule has 770 valence electrons. The SMILES string of the molecule is CC(C)N1CCN=C1c1cccc(F)c1CCc1cc(Br)cc2ccccc12.Clc1cccc(C2=N[C@H]3CCCC[C@@H]3N2)c1CCc1cc(Br)cc2ccsc12.Fc1cccc(C2=NCCN2CCCN2CCCC2)c1CCc1cc(Br)cc2ccsc12.Fc1cccc(C2=N[C@H]3CCCC[C@@H]3N2)c1CCc1cc(Br)cc2ccsc12.N#Cc1cc(CCc2c(F)cccc2C2=NCCN2CCCN2CCCC2)c2sccc2c1. The van der Waals surface area contributed by atoms with Gasteiger partial charge in [0.25, 0.3) is 0 Å². The monoisotopic (exact) mass is 2340 g/mol. The third kappa shape index (κ3) is 25.6. The highest BCUT2D eigenvalue weighted by Gasteiger charge is 2.36. The van der Waals surface area contributed by atoms with Crippen molar-refractivity contribution in [3.05, 3.63) is 357 Å². The van der Waals surface area contributed by atoms with Gasteiger partial charge in [0.05, 0.1) is 43.4 Å². The lowest BCUT2D eigenvalue weighted by Crippen LogP contribution is -2.37. The van der Waals surface area contributed by atoms with E-state index in [2.05, 4.69) is 237 Å². The number of thiophene rings is 4. The van der Waals surface area contributed by atoms with Gasteiger partial charge in [-0.2, -0.15) is 5.26 Å². The third-order valence-electron chi connectivity index (χ3n) is 30.8. The second kappa shape index (κ2) is 50.4. The largest absolute Gasteiger partial charge is 0.365 e. The summed E-state index contributed by atoms with van der Waals surface area (Å²) in [7, 11) is 0. The van der Waals surface area contributed by atoms with Crippen LogP contribution < -0.4 is 10.6 Å². The fourth-order valence-corrected chi connectivity index (χ4v) is 29.4. The molecule has 2 N–H and O–H groups in total. The maximum Gasteiger partial charge on any atom is 0.131 e. The molecule has 2 saturated heterocycles. The number of halogens is 9. The highest BCUT2D eigenvalue weighted by Crippen LogP contribution is 2.40. The van der Waals surface area contributed by atoms with Crippen LogP contribution in [-0.2, 0) is 64.2 Å². The number of aryl methyl sites for hydroxylation is 5. The molecule has 0 spiro atoms. The Hall–Kier alpha value is -9.79. The van der Waals surface area contributed by atoms with Crippen molar-refractivity contribution in [2.24, 2.45) is 25.0 Å². The van der Waals surface area contributed by atoms with E-state index in [9.17, 15) is 14.0 Å². The van der Waals surface area contributed by atoms with E-state index < -0.39 is 0 Å². The molecule has 11 aromatic carbocycles. The van der Waals surface area contributed by atoms with Crippen molar-refractivity contribution in [2.45, 2.75) is 198 Å². The van der Waals surface area contributed by atoms with Gasteiger partial charge in [-0.15, -0.1) is 45.3 Å². The van der Waals surface area contributed by atoms with Crippen molar-refractivity contribution >= 4 is 201 Å². The first kappa shape index (κ1) is 106. The topological polar surface area (TPSA) is 126 Å². The lowest BCUT2D eigenvalue weighted by Gasteiger charge is -2.26. The highest BCUT2D eigenvalue weighted by molar-refractivity contribution is 9.11. The molecule has 149 heavy (non-hydrogen) atoms. The minimum absolute atomic E-state index is 0.119. The first-order chi connectivity index (χ1) is 72.8. The number of likely N-dealkylation sites (tertiary alicyclic amines) is 2. The quantitative estimate of drug-likeness (QED) is 0.0444. The van der Waals surface area contributed by atoms with E-state index in [0.29, 0.717) is 67.9 Å². The number of hydrogen-bond donors (Lipinski definition) is 2. The Morgan fingerprint density at radius 1 is 0.369 bits per heavy atom. The predicted octanol–water partition coefficient (Wildman–Crippen LogP) is 30.4. The van der Waals surface area contributed by atoms with Crippen LogP contribution in [-0.4, -0.2) is 176 Å².